The Morgan fingerprint density at radius 1 is 1.00 bits per heavy atom. The number of aromatic amines is 1. The maximum atomic E-state index is 4.71. The largest absolute Gasteiger partial charge is 0.358 e. The molecule has 2 aromatic heterocycles. The number of H-pyrrole nitrogens is 1. The molecular formula is C20H18N4S. The lowest BCUT2D eigenvalue weighted by Gasteiger charge is -1.98. The van der Waals surface area contributed by atoms with Crippen molar-refractivity contribution in [1.82, 2.24) is 9.66 Å². The maximum Gasteiger partial charge on any atom is 0.211 e. The quantitative estimate of drug-likeness (QED) is 0.520. The van der Waals surface area contributed by atoms with E-state index in [1.165, 1.54) is 5.39 Å². The number of hydrogen-bond donors (Lipinski definition) is 1. The number of benzene rings is 2. The number of fused-ring (bicyclic) bond motifs is 1. The van der Waals surface area contributed by atoms with E-state index < -0.39 is 0 Å². The molecule has 2 heterocycles. The first-order chi connectivity index (χ1) is 12.2. The third kappa shape index (κ3) is 3.06. The van der Waals surface area contributed by atoms with Gasteiger partial charge in [-0.1, -0.05) is 36.4 Å². The van der Waals surface area contributed by atoms with Gasteiger partial charge in [0.05, 0.1) is 17.6 Å². The van der Waals surface area contributed by atoms with Gasteiger partial charge < -0.3 is 4.98 Å². The predicted molar refractivity (Wildman–Crippen MR) is 105 cm³/mol. The van der Waals surface area contributed by atoms with Gasteiger partial charge in [-0.3, -0.25) is 0 Å². The summed E-state index contributed by atoms with van der Waals surface area (Å²) in [5, 5.41) is 7.95. The van der Waals surface area contributed by atoms with Gasteiger partial charge in [-0.15, -0.1) is 11.3 Å². The minimum absolute atomic E-state index is 0.859. The van der Waals surface area contributed by atoms with E-state index in [0.717, 1.165) is 33.0 Å². The average molecular weight is 346 g/mol. The van der Waals surface area contributed by atoms with Gasteiger partial charge in [-0.05, 0) is 32.0 Å². The van der Waals surface area contributed by atoms with E-state index in [2.05, 4.69) is 29.4 Å². The highest BCUT2D eigenvalue weighted by Crippen LogP contribution is 2.20. The summed E-state index contributed by atoms with van der Waals surface area (Å²) in [7, 11) is 0. The lowest BCUT2D eigenvalue weighted by atomic mass is 10.1. The summed E-state index contributed by atoms with van der Waals surface area (Å²) in [5.41, 5.74) is 5.34. The Morgan fingerprint density at radius 3 is 2.60 bits per heavy atom. The van der Waals surface area contributed by atoms with E-state index in [9.17, 15) is 0 Å². The Labute approximate surface area is 149 Å². The van der Waals surface area contributed by atoms with E-state index in [1.807, 2.05) is 60.3 Å². The topological polar surface area (TPSA) is 45.4 Å². The van der Waals surface area contributed by atoms with E-state index in [1.54, 1.807) is 11.3 Å². The molecule has 0 radical (unpaired) electrons. The molecule has 0 aliphatic rings. The Hall–Kier alpha value is -2.92. The zero-order chi connectivity index (χ0) is 17.2. The molecule has 0 saturated carbocycles. The molecule has 0 fully saturated rings. The number of hydrogen-bond acceptors (Lipinski definition) is 3. The summed E-state index contributed by atoms with van der Waals surface area (Å²) >= 11 is 1.59. The number of nitrogens with one attached hydrogen (secondary N) is 1. The maximum absolute atomic E-state index is 4.71. The Morgan fingerprint density at radius 2 is 1.76 bits per heavy atom. The van der Waals surface area contributed by atoms with Gasteiger partial charge in [0.25, 0.3) is 0 Å². The van der Waals surface area contributed by atoms with Crippen molar-refractivity contribution in [2.75, 3.05) is 0 Å². The number of aryl methyl sites for hydroxylation is 2. The normalized spacial score (nSPS) is 12.5. The molecule has 0 spiro atoms. The number of rotatable bonds is 3. The second-order valence-electron chi connectivity index (χ2n) is 5.87. The summed E-state index contributed by atoms with van der Waals surface area (Å²) in [6, 6.07) is 18.2. The molecule has 0 aliphatic carbocycles. The fourth-order valence-corrected chi connectivity index (χ4v) is 3.62. The lowest BCUT2D eigenvalue weighted by molar-refractivity contribution is 0.810. The van der Waals surface area contributed by atoms with Gasteiger partial charge in [-0.2, -0.15) is 5.10 Å². The first-order valence-electron chi connectivity index (χ1n) is 8.11. The zero-order valence-electron chi connectivity index (χ0n) is 14.1. The summed E-state index contributed by atoms with van der Waals surface area (Å²) in [6.07, 6.45) is 1.91. The Kier molecular flexibility index (Phi) is 4.07. The highest BCUT2D eigenvalue weighted by molar-refractivity contribution is 7.07. The summed E-state index contributed by atoms with van der Waals surface area (Å²) in [5.74, 6) is 0. The standard InChI is InChI=1S/C20H18N4S/c1-14-13-25-20(23-16-8-4-3-5-9-16)24(14)21-12-18-15(2)22-19-11-7-6-10-17(18)19/h3-13,22H,1-2H3. The minimum Gasteiger partial charge on any atom is -0.358 e. The molecule has 0 saturated heterocycles. The molecule has 5 heteroatoms. The van der Waals surface area contributed by atoms with Crippen LogP contribution in [0.25, 0.3) is 10.9 Å². The Balaban J connectivity index is 1.79. The number of thiazole rings is 1. The van der Waals surface area contributed by atoms with Crippen LogP contribution in [-0.4, -0.2) is 15.9 Å². The first kappa shape index (κ1) is 15.6. The van der Waals surface area contributed by atoms with Gasteiger partial charge in [0, 0.05) is 27.5 Å². The van der Waals surface area contributed by atoms with Crippen LogP contribution in [0.1, 0.15) is 17.0 Å². The molecule has 0 unspecified atom stereocenters. The van der Waals surface area contributed by atoms with E-state index >= 15 is 0 Å². The van der Waals surface area contributed by atoms with Crippen LogP contribution in [0.5, 0.6) is 0 Å². The fraction of sp³-hybridized carbons (Fsp3) is 0.100. The second kappa shape index (κ2) is 6.53. The van der Waals surface area contributed by atoms with E-state index in [-0.39, 0.29) is 0 Å². The molecular weight excluding hydrogens is 328 g/mol. The molecule has 4 nitrogen and oxygen atoms in total. The van der Waals surface area contributed by atoms with Gasteiger partial charge in [0.15, 0.2) is 0 Å². The zero-order valence-corrected chi connectivity index (χ0v) is 14.9. The van der Waals surface area contributed by atoms with Crippen LogP contribution in [0.4, 0.5) is 5.69 Å². The van der Waals surface area contributed by atoms with E-state index in [0.29, 0.717) is 0 Å². The number of aromatic nitrogens is 2. The summed E-state index contributed by atoms with van der Waals surface area (Å²) in [4.78, 5) is 8.97. The van der Waals surface area contributed by atoms with Crippen LogP contribution in [0.3, 0.4) is 0 Å². The number of nitrogens with zero attached hydrogens (tertiary/aromatic N) is 3. The van der Waals surface area contributed by atoms with E-state index in [4.69, 9.17) is 10.1 Å². The summed E-state index contributed by atoms with van der Waals surface area (Å²) in [6.45, 7) is 4.11. The average Bonchev–Trinajstić information content (AvgIpc) is 3.13. The van der Waals surface area contributed by atoms with Gasteiger partial charge >= 0.3 is 0 Å². The van der Waals surface area contributed by atoms with Crippen molar-refractivity contribution in [3.05, 3.63) is 81.7 Å². The van der Waals surface area contributed by atoms with Crippen molar-refractivity contribution in [3.8, 4) is 0 Å². The fourth-order valence-electron chi connectivity index (χ4n) is 2.80. The second-order valence-corrected chi connectivity index (χ2v) is 6.71. The van der Waals surface area contributed by atoms with Gasteiger partial charge in [-0.25, -0.2) is 9.67 Å². The van der Waals surface area contributed by atoms with Crippen molar-refractivity contribution in [2.24, 2.45) is 10.1 Å². The molecule has 4 aromatic rings. The van der Waals surface area contributed by atoms with Crippen LogP contribution >= 0.6 is 11.3 Å². The van der Waals surface area contributed by atoms with Crippen molar-refractivity contribution in [1.29, 1.82) is 0 Å². The van der Waals surface area contributed by atoms with Crippen molar-refractivity contribution < 1.29 is 0 Å². The lowest BCUT2D eigenvalue weighted by Crippen LogP contribution is -2.11. The summed E-state index contributed by atoms with van der Waals surface area (Å²) < 4.78 is 1.89. The SMILES string of the molecule is Cc1[nH]c2ccccc2c1C=Nn1c(C)csc1=Nc1ccccc1. The van der Waals surface area contributed by atoms with Crippen molar-refractivity contribution in [2.45, 2.75) is 13.8 Å². The first-order valence-corrected chi connectivity index (χ1v) is 8.99. The van der Waals surface area contributed by atoms with Crippen molar-refractivity contribution in [3.63, 3.8) is 0 Å². The highest BCUT2D eigenvalue weighted by Gasteiger charge is 2.06. The van der Waals surface area contributed by atoms with Crippen molar-refractivity contribution >= 4 is 34.1 Å². The smallest absolute Gasteiger partial charge is 0.211 e. The third-order valence-corrected chi connectivity index (χ3v) is 5.01. The Bertz CT molecular complexity index is 1110. The van der Waals surface area contributed by atoms with Crippen LogP contribution in [0.15, 0.2) is 70.1 Å². The van der Waals surface area contributed by atoms with Crippen LogP contribution in [-0.2, 0) is 0 Å². The van der Waals surface area contributed by atoms with Crippen LogP contribution in [0, 0.1) is 13.8 Å². The molecule has 1 N–H and O–H groups in total. The van der Waals surface area contributed by atoms with Crippen LogP contribution in [0.2, 0.25) is 0 Å². The van der Waals surface area contributed by atoms with Gasteiger partial charge in [0.1, 0.15) is 0 Å². The third-order valence-electron chi connectivity index (χ3n) is 4.08. The molecule has 0 amide bonds. The monoisotopic (exact) mass is 346 g/mol. The van der Waals surface area contributed by atoms with Gasteiger partial charge in [0.2, 0.25) is 4.80 Å². The molecule has 2 aromatic carbocycles. The molecule has 0 bridgehead atoms. The van der Waals surface area contributed by atoms with Crippen LogP contribution < -0.4 is 4.80 Å². The highest BCUT2D eigenvalue weighted by atomic mass is 32.1. The molecule has 0 atom stereocenters. The molecule has 4 rings (SSSR count). The number of para-hydroxylation sites is 2. The molecule has 25 heavy (non-hydrogen) atoms. The molecule has 0 aliphatic heterocycles. The minimum atomic E-state index is 0.859. The molecule has 124 valence electrons. The predicted octanol–water partition coefficient (Wildman–Crippen LogP) is 4.76.